The van der Waals surface area contributed by atoms with Crippen LogP contribution in [0.3, 0.4) is 0 Å². The van der Waals surface area contributed by atoms with E-state index in [9.17, 15) is 4.79 Å². The molecule has 2 aromatic heterocycles. The molecule has 3 rings (SSSR count). The van der Waals surface area contributed by atoms with Crippen LogP contribution in [0.1, 0.15) is 16.2 Å². The lowest BCUT2D eigenvalue weighted by molar-refractivity contribution is 0.0943. The van der Waals surface area contributed by atoms with Gasteiger partial charge in [-0.1, -0.05) is 11.6 Å². The highest BCUT2D eigenvalue weighted by Crippen LogP contribution is 2.29. The van der Waals surface area contributed by atoms with Crippen LogP contribution in [0.2, 0.25) is 5.02 Å². The molecule has 0 fully saturated rings. The molecule has 2 N–H and O–H groups in total. The topological polar surface area (TPSA) is 89.3 Å². The van der Waals surface area contributed by atoms with Gasteiger partial charge in [0.1, 0.15) is 17.2 Å². The van der Waals surface area contributed by atoms with Crippen molar-refractivity contribution in [2.24, 2.45) is 0 Å². The van der Waals surface area contributed by atoms with Gasteiger partial charge >= 0.3 is 0 Å². The van der Waals surface area contributed by atoms with Crippen molar-refractivity contribution in [1.29, 1.82) is 0 Å². The average Bonchev–Trinajstić information content (AvgIpc) is 3.14. The zero-order chi connectivity index (χ0) is 17.6. The number of rotatable bonds is 6. The molecule has 7 nitrogen and oxygen atoms in total. The molecular formula is C17H15ClN4O3. The number of benzene rings is 1. The van der Waals surface area contributed by atoms with Gasteiger partial charge in [-0.2, -0.15) is 0 Å². The van der Waals surface area contributed by atoms with Crippen LogP contribution in [-0.4, -0.2) is 23.0 Å². The molecule has 2 heterocycles. The highest BCUT2D eigenvalue weighted by Gasteiger charge is 2.11. The van der Waals surface area contributed by atoms with Crippen LogP contribution in [0, 0.1) is 0 Å². The van der Waals surface area contributed by atoms with Crippen LogP contribution >= 0.6 is 11.6 Å². The maximum absolute atomic E-state index is 12.2. The Hall–Kier alpha value is -3.06. The molecule has 3 aromatic rings. The van der Waals surface area contributed by atoms with Gasteiger partial charge in [0, 0.05) is 11.2 Å². The van der Waals surface area contributed by atoms with Gasteiger partial charge in [-0.25, -0.2) is 9.97 Å². The molecule has 128 valence electrons. The summed E-state index contributed by atoms with van der Waals surface area (Å²) in [4.78, 5) is 20.5. The van der Waals surface area contributed by atoms with E-state index >= 15 is 0 Å². The largest absolute Gasteiger partial charge is 0.495 e. The number of aromatic nitrogens is 2. The number of ether oxygens (including phenoxy) is 1. The zero-order valence-electron chi connectivity index (χ0n) is 13.3. The first-order chi connectivity index (χ1) is 12.2. The molecule has 0 saturated carbocycles. The highest BCUT2D eigenvalue weighted by atomic mass is 35.5. The fourth-order valence-electron chi connectivity index (χ4n) is 2.11. The standard InChI is InChI=1S/C17H15ClN4O3/c1-24-15-5-4-11(18)9-14(15)22-17-19-7-6-13(21-17)16(23)20-10-12-3-2-8-25-12/h2-9H,10H2,1H3,(H,20,23)(H,19,21,22). The predicted octanol–water partition coefficient (Wildman–Crippen LogP) is 3.41. The third-order valence-corrected chi connectivity index (χ3v) is 3.53. The smallest absolute Gasteiger partial charge is 0.270 e. The second kappa shape index (κ2) is 7.67. The molecule has 0 spiro atoms. The summed E-state index contributed by atoms with van der Waals surface area (Å²) >= 11 is 6.00. The van der Waals surface area contributed by atoms with Gasteiger partial charge < -0.3 is 19.8 Å². The lowest BCUT2D eigenvalue weighted by atomic mass is 10.3. The van der Waals surface area contributed by atoms with E-state index in [1.807, 2.05) is 0 Å². The summed E-state index contributed by atoms with van der Waals surface area (Å²) < 4.78 is 10.4. The van der Waals surface area contributed by atoms with Gasteiger partial charge in [0.25, 0.3) is 5.91 Å². The molecule has 0 saturated heterocycles. The summed E-state index contributed by atoms with van der Waals surface area (Å²) in [5.74, 6) is 1.16. The van der Waals surface area contributed by atoms with Gasteiger partial charge in [-0.3, -0.25) is 4.79 Å². The Balaban J connectivity index is 1.73. The molecular weight excluding hydrogens is 344 g/mol. The van der Waals surface area contributed by atoms with Crippen molar-refractivity contribution >= 4 is 29.1 Å². The van der Waals surface area contributed by atoms with E-state index in [1.54, 1.807) is 43.7 Å². The summed E-state index contributed by atoms with van der Waals surface area (Å²) in [5.41, 5.74) is 0.827. The highest BCUT2D eigenvalue weighted by molar-refractivity contribution is 6.31. The van der Waals surface area contributed by atoms with E-state index < -0.39 is 0 Å². The van der Waals surface area contributed by atoms with Crippen molar-refractivity contribution in [2.75, 3.05) is 12.4 Å². The number of anilines is 2. The van der Waals surface area contributed by atoms with Crippen molar-refractivity contribution in [3.63, 3.8) is 0 Å². The minimum atomic E-state index is -0.333. The molecule has 8 heteroatoms. The van der Waals surface area contributed by atoms with Gasteiger partial charge in [0.15, 0.2) is 0 Å². The minimum absolute atomic E-state index is 0.227. The van der Waals surface area contributed by atoms with Gasteiger partial charge in [-0.05, 0) is 36.4 Å². The number of furan rings is 1. The Morgan fingerprint density at radius 2 is 2.20 bits per heavy atom. The number of halogens is 1. The van der Waals surface area contributed by atoms with Gasteiger partial charge in [-0.15, -0.1) is 0 Å². The Morgan fingerprint density at radius 1 is 1.32 bits per heavy atom. The third-order valence-electron chi connectivity index (χ3n) is 3.30. The maximum atomic E-state index is 12.2. The first-order valence-electron chi connectivity index (χ1n) is 7.40. The summed E-state index contributed by atoms with van der Waals surface area (Å²) in [6.45, 7) is 0.278. The predicted molar refractivity (Wildman–Crippen MR) is 93.2 cm³/mol. The second-order valence-electron chi connectivity index (χ2n) is 5.00. The Morgan fingerprint density at radius 3 is 2.96 bits per heavy atom. The van der Waals surface area contributed by atoms with Crippen LogP contribution in [0.15, 0.2) is 53.3 Å². The molecule has 0 aliphatic heterocycles. The van der Waals surface area contributed by atoms with Gasteiger partial charge in [0.2, 0.25) is 5.95 Å². The molecule has 0 aliphatic rings. The molecule has 1 amide bonds. The van der Waals surface area contributed by atoms with Crippen LogP contribution in [0.25, 0.3) is 0 Å². The SMILES string of the molecule is COc1ccc(Cl)cc1Nc1nccc(C(=O)NCc2ccco2)n1. The molecule has 0 unspecified atom stereocenters. The van der Waals surface area contributed by atoms with Crippen LogP contribution < -0.4 is 15.4 Å². The lowest BCUT2D eigenvalue weighted by Crippen LogP contribution is -2.24. The number of nitrogens with zero attached hydrogens (tertiary/aromatic N) is 2. The number of amides is 1. The number of hydrogen-bond donors (Lipinski definition) is 2. The van der Waals surface area contributed by atoms with Crippen LogP contribution in [-0.2, 0) is 6.54 Å². The molecule has 0 atom stereocenters. The van der Waals surface area contributed by atoms with E-state index in [0.717, 1.165) is 0 Å². The summed E-state index contributed by atoms with van der Waals surface area (Å²) in [6, 6.07) is 10.2. The summed E-state index contributed by atoms with van der Waals surface area (Å²) in [7, 11) is 1.55. The van der Waals surface area contributed by atoms with Crippen molar-refractivity contribution in [1.82, 2.24) is 15.3 Å². The summed E-state index contributed by atoms with van der Waals surface area (Å²) in [6.07, 6.45) is 3.04. The third kappa shape index (κ3) is 4.27. The molecule has 0 bridgehead atoms. The minimum Gasteiger partial charge on any atom is -0.495 e. The van der Waals surface area contributed by atoms with Crippen LogP contribution in [0.5, 0.6) is 5.75 Å². The Bertz CT molecular complexity index is 868. The second-order valence-corrected chi connectivity index (χ2v) is 5.43. The van der Waals surface area contributed by atoms with Gasteiger partial charge in [0.05, 0.1) is 25.6 Å². The maximum Gasteiger partial charge on any atom is 0.270 e. The van der Waals surface area contributed by atoms with Crippen molar-refractivity contribution in [3.8, 4) is 5.75 Å². The molecule has 0 radical (unpaired) electrons. The number of hydrogen-bond acceptors (Lipinski definition) is 6. The number of methoxy groups -OCH3 is 1. The first-order valence-corrected chi connectivity index (χ1v) is 7.77. The summed E-state index contributed by atoms with van der Waals surface area (Å²) in [5, 5.41) is 6.26. The molecule has 1 aromatic carbocycles. The molecule has 0 aliphatic carbocycles. The first kappa shape index (κ1) is 16.8. The number of nitrogens with one attached hydrogen (secondary N) is 2. The molecule has 25 heavy (non-hydrogen) atoms. The Kier molecular flexibility index (Phi) is 5.15. The van der Waals surface area contributed by atoms with E-state index in [2.05, 4.69) is 20.6 Å². The fourth-order valence-corrected chi connectivity index (χ4v) is 2.29. The lowest BCUT2D eigenvalue weighted by Gasteiger charge is -2.11. The van der Waals surface area contributed by atoms with E-state index in [-0.39, 0.29) is 24.1 Å². The average molecular weight is 359 g/mol. The van der Waals surface area contributed by atoms with E-state index in [4.69, 9.17) is 20.8 Å². The van der Waals surface area contributed by atoms with Crippen molar-refractivity contribution in [3.05, 3.63) is 65.3 Å². The number of carbonyl (C=O) groups excluding carboxylic acids is 1. The number of carbonyl (C=O) groups is 1. The normalized spacial score (nSPS) is 10.3. The van der Waals surface area contributed by atoms with Crippen LogP contribution in [0.4, 0.5) is 11.6 Å². The fraction of sp³-hybridized carbons (Fsp3) is 0.118. The van der Waals surface area contributed by atoms with Crippen molar-refractivity contribution < 1.29 is 13.9 Å². The van der Waals surface area contributed by atoms with Crippen molar-refractivity contribution in [2.45, 2.75) is 6.54 Å². The zero-order valence-corrected chi connectivity index (χ0v) is 14.1. The van der Waals surface area contributed by atoms with E-state index in [1.165, 1.54) is 12.3 Å². The Labute approximate surface area is 149 Å². The monoisotopic (exact) mass is 358 g/mol. The quantitative estimate of drug-likeness (QED) is 0.702. The van der Waals surface area contributed by atoms with E-state index in [0.29, 0.717) is 22.2 Å².